The molecule has 0 saturated carbocycles. The molecule has 7 nitrogen and oxygen atoms in total. The highest BCUT2D eigenvalue weighted by Gasteiger charge is 2.21. The van der Waals surface area contributed by atoms with E-state index in [9.17, 15) is 4.79 Å². The van der Waals surface area contributed by atoms with E-state index in [4.69, 9.17) is 9.47 Å². The van der Waals surface area contributed by atoms with Gasteiger partial charge in [-0.1, -0.05) is 42.1 Å². The van der Waals surface area contributed by atoms with E-state index in [-0.39, 0.29) is 17.8 Å². The summed E-state index contributed by atoms with van der Waals surface area (Å²) in [7, 11) is 1.62. The van der Waals surface area contributed by atoms with Crippen LogP contribution < -0.4 is 14.8 Å². The molecule has 0 radical (unpaired) electrons. The number of nitrogens with one attached hydrogen (secondary N) is 1. The monoisotopic (exact) mass is 474 g/mol. The first-order valence-electron chi connectivity index (χ1n) is 10.8. The van der Waals surface area contributed by atoms with Crippen LogP contribution in [0.2, 0.25) is 0 Å². The van der Waals surface area contributed by atoms with Crippen LogP contribution in [-0.2, 0) is 11.4 Å². The molecule has 0 bridgehead atoms. The van der Waals surface area contributed by atoms with Gasteiger partial charge >= 0.3 is 0 Å². The fourth-order valence-corrected chi connectivity index (χ4v) is 4.19. The second-order valence-corrected chi connectivity index (χ2v) is 8.96. The van der Waals surface area contributed by atoms with E-state index in [1.807, 2.05) is 97.3 Å². The Bertz CT molecular complexity index is 1240. The molecule has 34 heavy (non-hydrogen) atoms. The van der Waals surface area contributed by atoms with Gasteiger partial charge in [0.1, 0.15) is 18.1 Å². The zero-order valence-electron chi connectivity index (χ0n) is 19.3. The molecule has 1 unspecified atom stereocenters. The quantitative estimate of drug-likeness (QED) is 0.333. The Balaban J connectivity index is 1.52. The second kappa shape index (κ2) is 10.9. The number of ether oxygens (including phenoxy) is 2. The summed E-state index contributed by atoms with van der Waals surface area (Å²) in [5.74, 6) is 1.99. The summed E-state index contributed by atoms with van der Waals surface area (Å²) in [4.78, 5) is 12.8. The molecular formula is C26H26N4O3S. The van der Waals surface area contributed by atoms with Gasteiger partial charge in [-0.15, -0.1) is 10.2 Å². The maximum atomic E-state index is 12.8. The van der Waals surface area contributed by atoms with Crippen molar-refractivity contribution in [3.05, 3.63) is 90.3 Å². The van der Waals surface area contributed by atoms with Gasteiger partial charge in [0.2, 0.25) is 5.91 Å². The summed E-state index contributed by atoms with van der Waals surface area (Å²) in [6, 6.07) is 24.9. The Kier molecular flexibility index (Phi) is 7.49. The molecule has 0 aliphatic heterocycles. The molecule has 1 aromatic heterocycles. The minimum Gasteiger partial charge on any atom is -0.497 e. The zero-order chi connectivity index (χ0) is 23.9. The van der Waals surface area contributed by atoms with Gasteiger partial charge in [0.05, 0.1) is 12.4 Å². The van der Waals surface area contributed by atoms with Crippen molar-refractivity contribution in [2.75, 3.05) is 12.4 Å². The molecule has 3 aromatic carbocycles. The summed E-state index contributed by atoms with van der Waals surface area (Å²) >= 11 is 1.35. The minimum atomic E-state index is -0.387. The van der Waals surface area contributed by atoms with Crippen molar-refractivity contribution in [2.24, 2.45) is 0 Å². The predicted octanol–water partition coefficient (Wildman–Crippen LogP) is 5.28. The lowest BCUT2D eigenvalue weighted by Gasteiger charge is -2.14. The number of nitrogens with zero attached hydrogens (tertiary/aromatic N) is 3. The lowest BCUT2D eigenvalue weighted by Crippen LogP contribution is -2.23. The number of anilines is 1. The van der Waals surface area contributed by atoms with Crippen molar-refractivity contribution >= 4 is 23.4 Å². The SMILES string of the molecule is COc1ccc(OCc2nnc(SC(C)C(=O)Nc3cccc(C)c3)n2-c2ccccc2)cc1. The number of aryl methyl sites for hydroxylation is 1. The van der Waals surface area contributed by atoms with Gasteiger partial charge < -0.3 is 14.8 Å². The zero-order valence-corrected chi connectivity index (χ0v) is 20.1. The lowest BCUT2D eigenvalue weighted by atomic mass is 10.2. The first kappa shape index (κ1) is 23.4. The van der Waals surface area contributed by atoms with Crippen LogP contribution in [0.3, 0.4) is 0 Å². The average molecular weight is 475 g/mol. The number of para-hydroxylation sites is 1. The number of methoxy groups -OCH3 is 1. The molecule has 4 aromatic rings. The molecule has 1 atom stereocenters. The van der Waals surface area contributed by atoms with E-state index >= 15 is 0 Å². The first-order chi connectivity index (χ1) is 16.5. The molecule has 1 amide bonds. The molecule has 1 heterocycles. The van der Waals surface area contributed by atoms with Gasteiger partial charge in [-0.05, 0) is 67.9 Å². The number of benzene rings is 3. The highest BCUT2D eigenvalue weighted by molar-refractivity contribution is 8.00. The van der Waals surface area contributed by atoms with E-state index in [0.29, 0.717) is 16.7 Å². The van der Waals surface area contributed by atoms with Crippen molar-refractivity contribution in [1.82, 2.24) is 14.8 Å². The van der Waals surface area contributed by atoms with Crippen LogP contribution in [0.5, 0.6) is 11.5 Å². The van der Waals surface area contributed by atoms with Gasteiger partial charge in [0.25, 0.3) is 0 Å². The highest BCUT2D eigenvalue weighted by atomic mass is 32.2. The number of hydrogen-bond acceptors (Lipinski definition) is 6. The smallest absolute Gasteiger partial charge is 0.237 e. The summed E-state index contributed by atoms with van der Waals surface area (Å²) in [5, 5.41) is 11.9. The number of carbonyl (C=O) groups excluding carboxylic acids is 1. The van der Waals surface area contributed by atoms with E-state index in [2.05, 4.69) is 15.5 Å². The van der Waals surface area contributed by atoms with Crippen molar-refractivity contribution in [1.29, 1.82) is 0 Å². The summed E-state index contributed by atoms with van der Waals surface area (Å²) < 4.78 is 13.1. The topological polar surface area (TPSA) is 78.3 Å². The third kappa shape index (κ3) is 5.77. The molecule has 174 valence electrons. The Morgan fingerprint density at radius 2 is 1.74 bits per heavy atom. The Morgan fingerprint density at radius 3 is 2.44 bits per heavy atom. The number of rotatable bonds is 9. The van der Waals surface area contributed by atoms with Crippen LogP contribution in [0.15, 0.2) is 84.0 Å². The third-order valence-corrected chi connectivity index (χ3v) is 6.12. The van der Waals surface area contributed by atoms with Gasteiger partial charge in [-0.2, -0.15) is 0 Å². The molecule has 4 rings (SSSR count). The van der Waals surface area contributed by atoms with Crippen LogP contribution in [0.25, 0.3) is 5.69 Å². The van der Waals surface area contributed by atoms with E-state index in [0.717, 1.165) is 22.7 Å². The highest BCUT2D eigenvalue weighted by Crippen LogP contribution is 2.27. The molecule has 1 N–H and O–H groups in total. The van der Waals surface area contributed by atoms with E-state index in [1.165, 1.54) is 11.8 Å². The van der Waals surface area contributed by atoms with Crippen LogP contribution in [0.1, 0.15) is 18.3 Å². The predicted molar refractivity (Wildman–Crippen MR) is 134 cm³/mol. The number of hydrogen-bond donors (Lipinski definition) is 1. The molecular weight excluding hydrogens is 448 g/mol. The fourth-order valence-electron chi connectivity index (χ4n) is 3.30. The number of thioether (sulfide) groups is 1. The van der Waals surface area contributed by atoms with Crippen LogP contribution in [-0.4, -0.2) is 33.0 Å². The normalized spacial score (nSPS) is 11.6. The van der Waals surface area contributed by atoms with Gasteiger partial charge in [-0.3, -0.25) is 9.36 Å². The maximum Gasteiger partial charge on any atom is 0.237 e. The minimum absolute atomic E-state index is 0.103. The Morgan fingerprint density at radius 1 is 1.00 bits per heavy atom. The summed E-state index contributed by atoms with van der Waals surface area (Å²) in [6.45, 7) is 4.07. The largest absolute Gasteiger partial charge is 0.497 e. The second-order valence-electron chi connectivity index (χ2n) is 7.65. The summed E-state index contributed by atoms with van der Waals surface area (Å²) in [6.07, 6.45) is 0. The molecule has 0 fully saturated rings. The standard InChI is InChI=1S/C26H26N4O3S/c1-18-8-7-9-20(16-18)27-25(31)19(2)34-26-29-28-24(30(26)21-10-5-4-6-11-21)17-33-23-14-12-22(32-3)13-15-23/h4-16,19H,17H2,1-3H3,(H,27,31). The van der Waals surface area contributed by atoms with Crippen LogP contribution in [0, 0.1) is 6.92 Å². The molecule has 0 aliphatic rings. The molecule has 0 saturated heterocycles. The molecule has 0 aliphatic carbocycles. The van der Waals surface area contributed by atoms with Crippen molar-refractivity contribution in [3.8, 4) is 17.2 Å². The van der Waals surface area contributed by atoms with Crippen molar-refractivity contribution in [3.63, 3.8) is 0 Å². The first-order valence-corrected chi connectivity index (χ1v) is 11.7. The Labute approximate surface area is 203 Å². The van der Waals surface area contributed by atoms with Gasteiger partial charge in [-0.25, -0.2) is 0 Å². The maximum absolute atomic E-state index is 12.8. The van der Waals surface area contributed by atoms with E-state index < -0.39 is 0 Å². The number of carbonyl (C=O) groups is 1. The van der Waals surface area contributed by atoms with E-state index in [1.54, 1.807) is 7.11 Å². The van der Waals surface area contributed by atoms with Crippen molar-refractivity contribution < 1.29 is 14.3 Å². The fraction of sp³-hybridized carbons (Fsp3) is 0.192. The van der Waals surface area contributed by atoms with Crippen molar-refractivity contribution in [2.45, 2.75) is 30.9 Å². The Hall–Kier alpha value is -3.78. The number of amides is 1. The van der Waals surface area contributed by atoms with Crippen LogP contribution in [0.4, 0.5) is 5.69 Å². The van der Waals surface area contributed by atoms with Gasteiger partial charge in [0, 0.05) is 11.4 Å². The van der Waals surface area contributed by atoms with Gasteiger partial charge in [0.15, 0.2) is 11.0 Å². The number of aromatic nitrogens is 3. The lowest BCUT2D eigenvalue weighted by molar-refractivity contribution is -0.115. The molecule has 0 spiro atoms. The van der Waals surface area contributed by atoms with Crippen LogP contribution >= 0.6 is 11.8 Å². The molecule has 8 heteroatoms. The summed E-state index contributed by atoms with van der Waals surface area (Å²) in [5.41, 5.74) is 2.76. The average Bonchev–Trinajstić information content (AvgIpc) is 3.25. The third-order valence-electron chi connectivity index (χ3n) is 5.08.